The molecule has 1 aromatic carbocycles. The molecule has 1 atom stereocenters. The van der Waals surface area contributed by atoms with Crippen molar-refractivity contribution in [1.29, 1.82) is 0 Å². The summed E-state index contributed by atoms with van der Waals surface area (Å²) in [5.74, 6) is 5.71. The number of nitrogens with zero attached hydrogens (tertiary/aromatic N) is 2. The van der Waals surface area contributed by atoms with Crippen LogP contribution in [0.3, 0.4) is 0 Å². The quantitative estimate of drug-likeness (QED) is 0.469. The average molecular weight is 391 g/mol. The molecule has 0 fully saturated rings. The van der Waals surface area contributed by atoms with E-state index in [-0.39, 0.29) is 6.04 Å². The van der Waals surface area contributed by atoms with Crippen molar-refractivity contribution in [2.75, 3.05) is 0 Å². The Morgan fingerprint density at radius 2 is 2.32 bits per heavy atom. The molecule has 102 valence electrons. The fourth-order valence-electron chi connectivity index (χ4n) is 1.98. The molecule has 3 N–H and O–H groups in total. The Balaban J connectivity index is 2.35. The van der Waals surface area contributed by atoms with Gasteiger partial charge in [0.1, 0.15) is 0 Å². The van der Waals surface area contributed by atoms with Gasteiger partial charge in [0.05, 0.1) is 12.2 Å². The van der Waals surface area contributed by atoms with E-state index in [0.717, 1.165) is 27.7 Å². The van der Waals surface area contributed by atoms with Crippen LogP contribution in [0.1, 0.15) is 30.5 Å². The van der Waals surface area contributed by atoms with Crippen LogP contribution in [0.15, 0.2) is 30.6 Å². The molecule has 2 rings (SSSR count). The first-order valence-electron chi connectivity index (χ1n) is 6.09. The van der Waals surface area contributed by atoms with Crippen molar-refractivity contribution in [2.24, 2.45) is 5.84 Å². The van der Waals surface area contributed by atoms with E-state index in [4.69, 9.17) is 17.4 Å². The second-order valence-electron chi connectivity index (χ2n) is 4.30. The van der Waals surface area contributed by atoms with Crippen LogP contribution in [0.4, 0.5) is 0 Å². The van der Waals surface area contributed by atoms with Crippen molar-refractivity contribution in [3.05, 3.63) is 50.3 Å². The number of hydrogen-bond donors (Lipinski definition) is 2. The summed E-state index contributed by atoms with van der Waals surface area (Å²) in [6, 6.07) is 5.70. The van der Waals surface area contributed by atoms with Gasteiger partial charge in [-0.25, -0.2) is 5.43 Å². The smallest absolute Gasteiger partial charge is 0.0751 e. The molecule has 2 aromatic rings. The zero-order valence-electron chi connectivity index (χ0n) is 10.6. The number of nitrogens with one attached hydrogen (secondary N) is 1. The van der Waals surface area contributed by atoms with Gasteiger partial charge in [0.25, 0.3) is 0 Å². The number of benzene rings is 1. The van der Waals surface area contributed by atoms with Crippen LogP contribution in [-0.4, -0.2) is 9.78 Å². The summed E-state index contributed by atoms with van der Waals surface area (Å²) in [4.78, 5) is 0. The van der Waals surface area contributed by atoms with Crippen LogP contribution in [-0.2, 0) is 6.54 Å². The molecule has 4 nitrogen and oxygen atoms in total. The molecule has 0 spiro atoms. The lowest BCUT2D eigenvalue weighted by atomic mass is 10.0. The van der Waals surface area contributed by atoms with Crippen molar-refractivity contribution >= 4 is 34.2 Å². The Morgan fingerprint density at radius 1 is 1.53 bits per heavy atom. The molecule has 19 heavy (non-hydrogen) atoms. The summed E-state index contributed by atoms with van der Waals surface area (Å²) in [5, 5.41) is 5.04. The number of nitrogens with two attached hydrogens (primary N) is 1. The highest BCUT2D eigenvalue weighted by Crippen LogP contribution is 2.28. The van der Waals surface area contributed by atoms with E-state index >= 15 is 0 Å². The van der Waals surface area contributed by atoms with Gasteiger partial charge in [0, 0.05) is 26.9 Å². The Labute approximate surface area is 131 Å². The van der Waals surface area contributed by atoms with Gasteiger partial charge in [0.2, 0.25) is 0 Å². The summed E-state index contributed by atoms with van der Waals surface area (Å²) in [5.41, 5.74) is 4.94. The molecule has 0 amide bonds. The van der Waals surface area contributed by atoms with Crippen molar-refractivity contribution in [3.63, 3.8) is 0 Å². The zero-order valence-corrected chi connectivity index (χ0v) is 13.5. The second kappa shape index (κ2) is 6.69. The third-order valence-electron chi connectivity index (χ3n) is 2.87. The minimum atomic E-state index is -0.101. The molecule has 0 saturated heterocycles. The van der Waals surface area contributed by atoms with Gasteiger partial charge in [0.15, 0.2) is 0 Å². The standard InChI is InChI=1S/C13H16ClIN4/c1-2-5-19-8-9(7-17-19)13(18-16)11-6-10(14)3-4-12(11)15/h3-4,6-8,13,18H,2,5,16H2,1H3. The Morgan fingerprint density at radius 3 is 3.00 bits per heavy atom. The molecule has 1 aromatic heterocycles. The molecule has 0 radical (unpaired) electrons. The van der Waals surface area contributed by atoms with Crippen molar-refractivity contribution in [3.8, 4) is 0 Å². The number of aryl methyl sites for hydroxylation is 1. The fourth-order valence-corrected chi connectivity index (χ4v) is 2.81. The topological polar surface area (TPSA) is 55.9 Å². The van der Waals surface area contributed by atoms with Gasteiger partial charge in [-0.15, -0.1) is 0 Å². The lowest BCUT2D eigenvalue weighted by Crippen LogP contribution is -2.29. The summed E-state index contributed by atoms with van der Waals surface area (Å²) in [6.07, 6.45) is 4.92. The minimum absolute atomic E-state index is 0.101. The normalized spacial score (nSPS) is 12.6. The van der Waals surface area contributed by atoms with Crippen molar-refractivity contribution in [1.82, 2.24) is 15.2 Å². The Kier molecular flexibility index (Phi) is 5.20. The monoisotopic (exact) mass is 390 g/mol. The van der Waals surface area contributed by atoms with Gasteiger partial charge >= 0.3 is 0 Å². The summed E-state index contributed by atoms with van der Waals surface area (Å²) in [7, 11) is 0. The highest BCUT2D eigenvalue weighted by atomic mass is 127. The first-order valence-corrected chi connectivity index (χ1v) is 7.54. The number of hydrazine groups is 1. The maximum absolute atomic E-state index is 6.07. The van der Waals surface area contributed by atoms with E-state index in [1.54, 1.807) is 0 Å². The largest absolute Gasteiger partial charge is 0.272 e. The Hall–Kier alpha value is -0.630. The summed E-state index contributed by atoms with van der Waals surface area (Å²) < 4.78 is 3.05. The lowest BCUT2D eigenvalue weighted by Gasteiger charge is -2.16. The molecule has 0 saturated carbocycles. The maximum atomic E-state index is 6.07. The van der Waals surface area contributed by atoms with E-state index in [2.05, 4.69) is 40.0 Å². The van der Waals surface area contributed by atoms with Crippen LogP contribution < -0.4 is 11.3 Å². The van der Waals surface area contributed by atoms with Gasteiger partial charge in [-0.1, -0.05) is 18.5 Å². The predicted octanol–water partition coefficient (Wildman–Crippen LogP) is 3.10. The van der Waals surface area contributed by atoms with E-state index < -0.39 is 0 Å². The number of rotatable bonds is 5. The van der Waals surface area contributed by atoms with Gasteiger partial charge in [-0.2, -0.15) is 5.10 Å². The van der Waals surface area contributed by atoms with Crippen LogP contribution in [0.2, 0.25) is 5.02 Å². The van der Waals surface area contributed by atoms with E-state index in [1.165, 1.54) is 0 Å². The molecule has 0 aliphatic rings. The molecule has 0 aliphatic carbocycles. The summed E-state index contributed by atoms with van der Waals surface area (Å²) in [6.45, 7) is 3.03. The minimum Gasteiger partial charge on any atom is -0.272 e. The third kappa shape index (κ3) is 3.47. The Bertz CT molecular complexity index is 555. The van der Waals surface area contributed by atoms with E-state index in [9.17, 15) is 0 Å². The lowest BCUT2D eigenvalue weighted by molar-refractivity contribution is 0.597. The molecular formula is C13H16ClIN4. The molecule has 0 bridgehead atoms. The molecule has 1 heterocycles. The van der Waals surface area contributed by atoms with Crippen LogP contribution in [0.5, 0.6) is 0 Å². The first-order chi connectivity index (χ1) is 9.15. The highest BCUT2D eigenvalue weighted by Gasteiger charge is 2.17. The molecule has 6 heteroatoms. The zero-order chi connectivity index (χ0) is 13.8. The van der Waals surface area contributed by atoms with Gasteiger partial charge in [-0.3, -0.25) is 10.5 Å². The SMILES string of the molecule is CCCn1cc(C(NN)c2cc(Cl)ccc2I)cn1. The molecule has 0 aliphatic heterocycles. The fraction of sp³-hybridized carbons (Fsp3) is 0.308. The average Bonchev–Trinajstić information content (AvgIpc) is 2.83. The van der Waals surface area contributed by atoms with E-state index in [0.29, 0.717) is 5.02 Å². The van der Waals surface area contributed by atoms with Crippen LogP contribution in [0, 0.1) is 3.57 Å². The molecular weight excluding hydrogens is 375 g/mol. The van der Waals surface area contributed by atoms with Crippen LogP contribution >= 0.6 is 34.2 Å². The molecule has 1 unspecified atom stereocenters. The number of halogens is 2. The van der Waals surface area contributed by atoms with Crippen LogP contribution in [0.25, 0.3) is 0 Å². The van der Waals surface area contributed by atoms with E-state index in [1.807, 2.05) is 35.3 Å². The number of hydrogen-bond acceptors (Lipinski definition) is 3. The first kappa shape index (κ1) is 14.8. The predicted molar refractivity (Wildman–Crippen MR) is 85.9 cm³/mol. The van der Waals surface area contributed by atoms with Crippen molar-refractivity contribution < 1.29 is 0 Å². The van der Waals surface area contributed by atoms with Crippen molar-refractivity contribution in [2.45, 2.75) is 25.9 Å². The van der Waals surface area contributed by atoms with Gasteiger partial charge < -0.3 is 0 Å². The summed E-state index contributed by atoms with van der Waals surface area (Å²) >= 11 is 8.35. The maximum Gasteiger partial charge on any atom is 0.0751 e. The highest BCUT2D eigenvalue weighted by molar-refractivity contribution is 14.1. The third-order valence-corrected chi connectivity index (χ3v) is 4.09. The van der Waals surface area contributed by atoms with Gasteiger partial charge in [-0.05, 0) is 52.8 Å². The number of aromatic nitrogens is 2. The second-order valence-corrected chi connectivity index (χ2v) is 5.90.